The van der Waals surface area contributed by atoms with Crippen LogP contribution in [0.3, 0.4) is 0 Å². The lowest BCUT2D eigenvalue weighted by Gasteiger charge is -2.26. The topological polar surface area (TPSA) is 111 Å². The summed E-state index contributed by atoms with van der Waals surface area (Å²) in [7, 11) is 5.94. The minimum atomic E-state index is -1.61. The van der Waals surface area contributed by atoms with Crippen LogP contribution in [0.1, 0.15) is 354 Å². The van der Waals surface area contributed by atoms with Crippen molar-refractivity contribution >= 4 is 17.9 Å². The zero-order valence-corrected chi connectivity index (χ0v) is 51.7. The first-order chi connectivity index (χ1) is 37.1. The van der Waals surface area contributed by atoms with Crippen LogP contribution >= 0.6 is 0 Å². The molecular weight excluding hydrogens is 947 g/mol. The van der Waals surface area contributed by atoms with Crippen molar-refractivity contribution in [2.75, 3.05) is 47.5 Å². The number of carboxylic acids is 1. The van der Waals surface area contributed by atoms with Gasteiger partial charge < -0.3 is 33.3 Å². The Labute approximate surface area is 473 Å². The number of rotatable bonds is 64. The lowest BCUT2D eigenvalue weighted by molar-refractivity contribution is -0.870. The minimum Gasteiger partial charge on any atom is -0.545 e. The molecule has 0 amide bonds. The summed E-state index contributed by atoms with van der Waals surface area (Å²) in [4.78, 5) is 37.3. The maximum Gasteiger partial charge on any atom is 0.306 e. The maximum absolute atomic E-state index is 12.9. The molecule has 452 valence electrons. The highest BCUT2D eigenvalue weighted by atomic mass is 16.7. The van der Waals surface area contributed by atoms with Gasteiger partial charge in [0, 0.05) is 12.8 Å². The van der Waals surface area contributed by atoms with Crippen molar-refractivity contribution in [1.29, 1.82) is 0 Å². The van der Waals surface area contributed by atoms with E-state index in [-0.39, 0.29) is 32.2 Å². The molecular formula is C67H131NO8. The normalized spacial score (nSPS) is 12.6. The highest BCUT2D eigenvalue weighted by Gasteiger charge is 2.22. The van der Waals surface area contributed by atoms with E-state index in [0.717, 1.165) is 38.5 Å². The molecule has 2 atom stereocenters. The summed E-state index contributed by atoms with van der Waals surface area (Å²) in [5.74, 6) is -2.25. The van der Waals surface area contributed by atoms with E-state index in [0.29, 0.717) is 17.4 Å². The fourth-order valence-electron chi connectivity index (χ4n) is 10.4. The molecule has 76 heavy (non-hydrogen) atoms. The molecule has 0 saturated heterocycles. The van der Waals surface area contributed by atoms with Crippen LogP contribution in [0.5, 0.6) is 0 Å². The standard InChI is InChI=1S/C67H131NO8/c1-6-8-10-12-14-16-18-20-22-23-24-25-26-27-28-29-30-31-32-33-34-35-36-37-38-39-40-41-42-44-46-48-50-52-54-56-58-65(70)76-63(62-75-67(66(71)72)73-60-59-68(3,4)5)61-74-64(69)57-55-53-51-49-47-45-43-21-19-17-15-13-11-9-7-2/h63,67H,6-62H2,1-5H3. The number of unbranched alkanes of at least 4 members (excludes halogenated alkanes) is 49. The number of hydrogen-bond donors (Lipinski definition) is 0. The predicted molar refractivity (Wildman–Crippen MR) is 320 cm³/mol. The Morgan fingerprint density at radius 1 is 0.342 bits per heavy atom. The van der Waals surface area contributed by atoms with Crippen molar-refractivity contribution in [1.82, 2.24) is 0 Å². The first-order valence-electron chi connectivity index (χ1n) is 33.7. The summed E-state index contributed by atoms with van der Waals surface area (Å²) in [6.45, 7) is 4.82. The van der Waals surface area contributed by atoms with Crippen LogP contribution in [-0.4, -0.2) is 82.3 Å². The average Bonchev–Trinajstić information content (AvgIpc) is 3.39. The molecule has 0 aromatic carbocycles. The number of likely N-dealkylation sites (N-methyl/N-ethyl adjacent to an activating group) is 1. The summed E-state index contributed by atoms with van der Waals surface area (Å²) in [6.07, 6.45) is 66.3. The van der Waals surface area contributed by atoms with Gasteiger partial charge in [0.25, 0.3) is 0 Å². The zero-order valence-electron chi connectivity index (χ0n) is 51.7. The van der Waals surface area contributed by atoms with Crippen LogP contribution in [0.4, 0.5) is 0 Å². The van der Waals surface area contributed by atoms with Crippen LogP contribution in [0, 0.1) is 0 Å². The van der Waals surface area contributed by atoms with Crippen LogP contribution in [0.15, 0.2) is 0 Å². The van der Waals surface area contributed by atoms with Gasteiger partial charge in [-0.3, -0.25) is 9.59 Å². The number of nitrogens with zero attached hydrogens (tertiary/aromatic N) is 1. The molecule has 9 nitrogen and oxygen atoms in total. The van der Waals surface area contributed by atoms with Crippen molar-refractivity contribution in [2.45, 2.75) is 367 Å². The Hall–Kier alpha value is -1.71. The van der Waals surface area contributed by atoms with Gasteiger partial charge in [0.05, 0.1) is 40.3 Å². The highest BCUT2D eigenvalue weighted by Crippen LogP contribution is 2.19. The number of carbonyl (C=O) groups is 3. The third-order valence-corrected chi connectivity index (χ3v) is 15.6. The van der Waals surface area contributed by atoms with E-state index in [4.69, 9.17) is 18.9 Å². The first-order valence-corrected chi connectivity index (χ1v) is 33.7. The Balaban J connectivity index is 3.94. The van der Waals surface area contributed by atoms with E-state index >= 15 is 0 Å². The zero-order chi connectivity index (χ0) is 55.5. The van der Waals surface area contributed by atoms with Crippen molar-refractivity contribution in [3.05, 3.63) is 0 Å². The first kappa shape index (κ1) is 74.3. The second-order valence-electron chi connectivity index (χ2n) is 24.5. The number of quaternary nitrogens is 1. The molecule has 0 spiro atoms. The Kier molecular flexibility index (Phi) is 58.1. The Bertz CT molecular complexity index is 1210. The van der Waals surface area contributed by atoms with Gasteiger partial charge in [-0.15, -0.1) is 0 Å². The van der Waals surface area contributed by atoms with E-state index in [1.165, 1.54) is 289 Å². The van der Waals surface area contributed by atoms with E-state index in [1.54, 1.807) is 0 Å². The van der Waals surface area contributed by atoms with E-state index in [9.17, 15) is 19.5 Å². The number of ether oxygens (including phenoxy) is 4. The number of carbonyl (C=O) groups excluding carboxylic acids is 3. The molecule has 0 aliphatic heterocycles. The van der Waals surface area contributed by atoms with E-state index in [2.05, 4.69) is 13.8 Å². The second kappa shape index (κ2) is 59.4. The molecule has 2 unspecified atom stereocenters. The number of hydrogen-bond acceptors (Lipinski definition) is 8. The van der Waals surface area contributed by atoms with Gasteiger partial charge >= 0.3 is 11.9 Å². The molecule has 0 aliphatic carbocycles. The van der Waals surface area contributed by atoms with Gasteiger partial charge in [0.1, 0.15) is 13.2 Å². The van der Waals surface area contributed by atoms with Gasteiger partial charge in [0.2, 0.25) is 0 Å². The van der Waals surface area contributed by atoms with Crippen molar-refractivity contribution in [3.8, 4) is 0 Å². The summed E-state index contributed by atoms with van der Waals surface area (Å²) in [5.41, 5.74) is 0. The molecule has 9 heteroatoms. The Morgan fingerprint density at radius 3 is 0.842 bits per heavy atom. The number of aliphatic carboxylic acids is 1. The minimum absolute atomic E-state index is 0.153. The lowest BCUT2D eigenvalue weighted by Crippen LogP contribution is -2.44. The van der Waals surface area contributed by atoms with Crippen LogP contribution in [0.2, 0.25) is 0 Å². The molecule has 0 aliphatic rings. The van der Waals surface area contributed by atoms with Crippen molar-refractivity contribution < 1.29 is 42.9 Å². The SMILES string of the molecule is CCCCCCCCCCCCCCCCCCCCCCCCCCCCCCCCCCCCCCC(=O)OC(COC(=O)CCCCCCCCCCCCCCCCC)COC(OCC[N+](C)(C)C)C(=O)[O-]. The average molecular weight is 1080 g/mol. The fraction of sp³-hybridized carbons (Fsp3) is 0.955. The van der Waals surface area contributed by atoms with Gasteiger partial charge in [-0.1, -0.05) is 328 Å². The third-order valence-electron chi connectivity index (χ3n) is 15.6. The largest absolute Gasteiger partial charge is 0.545 e. The van der Waals surface area contributed by atoms with Crippen molar-refractivity contribution in [2.24, 2.45) is 0 Å². The number of carboxylic acid groups (broad SMARTS) is 1. The summed E-state index contributed by atoms with van der Waals surface area (Å²) in [5, 5.41) is 11.8. The van der Waals surface area contributed by atoms with Crippen molar-refractivity contribution in [3.63, 3.8) is 0 Å². The molecule has 0 N–H and O–H groups in total. The monoisotopic (exact) mass is 1080 g/mol. The summed E-state index contributed by atoms with van der Waals surface area (Å²) >= 11 is 0. The fourth-order valence-corrected chi connectivity index (χ4v) is 10.4. The van der Waals surface area contributed by atoms with E-state index in [1.807, 2.05) is 21.1 Å². The second-order valence-corrected chi connectivity index (χ2v) is 24.5. The smallest absolute Gasteiger partial charge is 0.306 e. The third kappa shape index (κ3) is 59.9. The maximum atomic E-state index is 12.9. The van der Waals surface area contributed by atoms with Crippen LogP contribution in [-0.2, 0) is 33.3 Å². The van der Waals surface area contributed by atoms with Gasteiger partial charge in [0.15, 0.2) is 12.4 Å². The van der Waals surface area contributed by atoms with Crippen LogP contribution in [0.25, 0.3) is 0 Å². The van der Waals surface area contributed by atoms with Crippen LogP contribution < -0.4 is 5.11 Å². The summed E-state index contributed by atoms with van der Waals surface area (Å²) in [6, 6.07) is 0. The molecule has 0 aromatic rings. The Morgan fingerprint density at radius 2 is 0.592 bits per heavy atom. The van der Waals surface area contributed by atoms with E-state index < -0.39 is 24.3 Å². The number of esters is 2. The molecule has 0 saturated carbocycles. The predicted octanol–water partition coefficient (Wildman–Crippen LogP) is 19.0. The molecule has 0 fully saturated rings. The van der Waals surface area contributed by atoms with Gasteiger partial charge in [-0.2, -0.15) is 0 Å². The lowest BCUT2D eigenvalue weighted by atomic mass is 10.0. The van der Waals surface area contributed by atoms with Gasteiger partial charge in [-0.05, 0) is 12.8 Å². The highest BCUT2D eigenvalue weighted by molar-refractivity contribution is 5.70. The molecule has 0 aromatic heterocycles. The molecule has 0 rings (SSSR count). The van der Waals surface area contributed by atoms with Gasteiger partial charge in [-0.25, -0.2) is 0 Å². The molecule has 0 radical (unpaired) electrons. The quantitative estimate of drug-likeness (QED) is 0.0256. The molecule has 0 bridgehead atoms. The molecule has 0 heterocycles. The summed E-state index contributed by atoms with van der Waals surface area (Å²) < 4.78 is 22.8.